The molecule has 0 saturated carbocycles. The second-order valence-electron chi connectivity index (χ2n) is 9.28. The van der Waals surface area contributed by atoms with Crippen LogP contribution in [0.15, 0.2) is 67.4 Å². The second kappa shape index (κ2) is 6.93. The Kier molecular flexibility index (Phi) is 4.13. The number of hydrogen-bond acceptors (Lipinski definition) is 2. The van der Waals surface area contributed by atoms with E-state index in [9.17, 15) is 0 Å². The lowest BCUT2D eigenvalue weighted by Crippen LogP contribution is -2.01. The molecule has 1 aliphatic heterocycles. The van der Waals surface area contributed by atoms with E-state index in [2.05, 4.69) is 81.9 Å². The number of hydrogen-bond donors (Lipinski definition) is 0. The molecule has 0 aliphatic carbocycles. The molecule has 156 valence electrons. The summed E-state index contributed by atoms with van der Waals surface area (Å²) in [6, 6.07) is 19.9. The number of ether oxygens (including phenoxy) is 1. The number of pyridine rings is 1. The lowest BCUT2D eigenvalue weighted by Gasteiger charge is -2.23. The molecule has 0 unspecified atom stereocenters. The number of benzene rings is 4. The fourth-order valence-electron chi connectivity index (χ4n) is 5.11. The third kappa shape index (κ3) is 2.76. The van der Waals surface area contributed by atoms with Gasteiger partial charge in [0, 0.05) is 11.8 Å². The minimum Gasteiger partial charge on any atom is -0.456 e. The van der Waals surface area contributed by atoms with Crippen LogP contribution in [0.4, 0.5) is 0 Å². The normalized spacial score (nSPS) is 12.4. The summed E-state index contributed by atoms with van der Waals surface area (Å²) in [5.74, 6) is 2.35. The maximum atomic E-state index is 6.51. The molecule has 5 aromatic rings. The van der Waals surface area contributed by atoms with Crippen LogP contribution in [0.2, 0.25) is 0 Å². The molecule has 0 amide bonds. The minimum absolute atomic E-state index is 0.625. The summed E-state index contributed by atoms with van der Waals surface area (Å²) in [4.78, 5) is 4.79. The van der Waals surface area contributed by atoms with E-state index in [1.807, 2.05) is 12.3 Å². The molecule has 0 spiro atoms. The number of rotatable bonds is 3. The molecule has 1 aromatic heterocycles. The van der Waals surface area contributed by atoms with Gasteiger partial charge in [-0.2, -0.15) is 0 Å². The van der Waals surface area contributed by atoms with Gasteiger partial charge in [-0.05, 0) is 87.1 Å². The van der Waals surface area contributed by atoms with Crippen LogP contribution in [0.25, 0.3) is 49.7 Å². The largest absolute Gasteiger partial charge is 0.456 e. The molecule has 32 heavy (non-hydrogen) atoms. The second-order valence-corrected chi connectivity index (χ2v) is 9.28. The van der Waals surface area contributed by atoms with Crippen molar-refractivity contribution in [1.82, 2.24) is 4.98 Å². The first-order valence-corrected chi connectivity index (χ1v) is 11.3. The van der Waals surface area contributed by atoms with Crippen molar-refractivity contribution in [3.8, 4) is 22.8 Å². The molecular formula is C30H25NO. The maximum absolute atomic E-state index is 6.51. The summed E-state index contributed by atoms with van der Waals surface area (Å²) in [6.07, 6.45) is 4.88. The van der Waals surface area contributed by atoms with Crippen LogP contribution < -0.4 is 4.74 Å². The third-order valence-corrected chi connectivity index (χ3v) is 6.60. The Hall–Kier alpha value is -3.65. The van der Waals surface area contributed by atoms with Crippen LogP contribution >= 0.6 is 0 Å². The molecule has 0 bridgehead atoms. The van der Waals surface area contributed by atoms with Crippen LogP contribution in [0.5, 0.6) is 11.5 Å². The Labute approximate surface area is 188 Å². The van der Waals surface area contributed by atoms with E-state index < -0.39 is 0 Å². The number of fused-ring (bicyclic) bond motifs is 6. The molecule has 2 nitrogen and oxygen atoms in total. The molecule has 0 saturated heterocycles. The third-order valence-electron chi connectivity index (χ3n) is 6.60. The highest BCUT2D eigenvalue weighted by Crippen LogP contribution is 2.49. The van der Waals surface area contributed by atoms with Gasteiger partial charge >= 0.3 is 0 Å². The predicted molar refractivity (Wildman–Crippen MR) is 136 cm³/mol. The number of aryl methyl sites for hydroxylation is 1. The van der Waals surface area contributed by atoms with Gasteiger partial charge in [0.15, 0.2) is 0 Å². The molecule has 4 aromatic carbocycles. The lowest BCUT2D eigenvalue weighted by molar-refractivity contribution is 0.487. The summed E-state index contributed by atoms with van der Waals surface area (Å²) in [7, 11) is 0. The van der Waals surface area contributed by atoms with Crippen LogP contribution in [0, 0.1) is 12.8 Å². The van der Waals surface area contributed by atoms with E-state index in [0.29, 0.717) is 5.92 Å². The van der Waals surface area contributed by atoms with Crippen molar-refractivity contribution in [2.24, 2.45) is 5.92 Å². The molecule has 1 aliphatic rings. The molecule has 0 radical (unpaired) electrons. The van der Waals surface area contributed by atoms with E-state index >= 15 is 0 Å². The topological polar surface area (TPSA) is 22.1 Å². The SMILES string of the molecule is C=Cc1cc2c(cc1C)-c1nccc3c1c(cc1c4cc(CC(C)C)ccc4ccc31)O2. The van der Waals surface area contributed by atoms with Crippen molar-refractivity contribution in [3.63, 3.8) is 0 Å². The first-order chi connectivity index (χ1) is 15.5. The average molecular weight is 416 g/mol. The molecule has 0 atom stereocenters. The Morgan fingerprint density at radius 1 is 0.906 bits per heavy atom. The van der Waals surface area contributed by atoms with Gasteiger partial charge in [-0.3, -0.25) is 4.98 Å². The van der Waals surface area contributed by atoms with E-state index in [4.69, 9.17) is 9.72 Å². The van der Waals surface area contributed by atoms with E-state index in [0.717, 1.165) is 40.1 Å². The Morgan fingerprint density at radius 3 is 2.56 bits per heavy atom. The average Bonchev–Trinajstić information content (AvgIpc) is 2.79. The van der Waals surface area contributed by atoms with Crippen LogP contribution in [0.1, 0.15) is 30.5 Å². The summed E-state index contributed by atoms with van der Waals surface area (Å²) >= 11 is 0. The van der Waals surface area contributed by atoms with Crippen molar-refractivity contribution < 1.29 is 4.74 Å². The van der Waals surface area contributed by atoms with Crippen LogP contribution in [-0.4, -0.2) is 4.98 Å². The maximum Gasteiger partial charge on any atom is 0.138 e. The zero-order valence-corrected chi connectivity index (χ0v) is 18.7. The van der Waals surface area contributed by atoms with Gasteiger partial charge in [0.25, 0.3) is 0 Å². The highest BCUT2D eigenvalue weighted by atomic mass is 16.5. The molecule has 2 heteroatoms. The zero-order chi connectivity index (χ0) is 22.0. The molecule has 2 heterocycles. The Balaban J connectivity index is 1.69. The van der Waals surface area contributed by atoms with Crippen molar-refractivity contribution in [2.75, 3.05) is 0 Å². The van der Waals surface area contributed by atoms with E-state index in [1.54, 1.807) is 0 Å². The highest BCUT2D eigenvalue weighted by molar-refractivity contribution is 6.21. The fraction of sp³-hybridized carbons (Fsp3) is 0.167. The van der Waals surface area contributed by atoms with E-state index in [1.165, 1.54) is 38.1 Å². The monoisotopic (exact) mass is 415 g/mol. The van der Waals surface area contributed by atoms with Gasteiger partial charge in [0.05, 0.1) is 11.1 Å². The van der Waals surface area contributed by atoms with Gasteiger partial charge in [-0.1, -0.05) is 56.8 Å². The van der Waals surface area contributed by atoms with Crippen molar-refractivity contribution in [2.45, 2.75) is 27.2 Å². The van der Waals surface area contributed by atoms with Gasteiger partial charge in [0.1, 0.15) is 11.5 Å². The summed E-state index contributed by atoms with van der Waals surface area (Å²) < 4.78 is 6.51. The van der Waals surface area contributed by atoms with E-state index in [-0.39, 0.29) is 0 Å². The van der Waals surface area contributed by atoms with Gasteiger partial charge < -0.3 is 4.74 Å². The zero-order valence-electron chi connectivity index (χ0n) is 18.7. The summed E-state index contributed by atoms with van der Waals surface area (Å²) in [5, 5.41) is 7.29. The molecule has 0 N–H and O–H groups in total. The van der Waals surface area contributed by atoms with Gasteiger partial charge in [-0.25, -0.2) is 0 Å². The van der Waals surface area contributed by atoms with Crippen molar-refractivity contribution in [3.05, 3.63) is 84.1 Å². The molecule has 0 fully saturated rings. The lowest BCUT2D eigenvalue weighted by atomic mass is 9.91. The van der Waals surface area contributed by atoms with Gasteiger partial charge in [0.2, 0.25) is 0 Å². The van der Waals surface area contributed by atoms with Crippen LogP contribution in [-0.2, 0) is 6.42 Å². The van der Waals surface area contributed by atoms with Crippen molar-refractivity contribution in [1.29, 1.82) is 0 Å². The molecule has 6 rings (SSSR count). The first-order valence-electron chi connectivity index (χ1n) is 11.3. The quantitative estimate of drug-likeness (QED) is 0.270. The van der Waals surface area contributed by atoms with Crippen molar-refractivity contribution >= 4 is 38.4 Å². The fourth-order valence-corrected chi connectivity index (χ4v) is 5.11. The predicted octanol–water partition coefficient (Wildman–Crippen LogP) is 8.46. The number of nitrogens with zero attached hydrogens (tertiary/aromatic N) is 1. The summed E-state index contributed by atoms with van der Waals surface area (Å²) in [5.41, 5.74) is 5.68. The van der Waals surface area contributed by atoms with Crippen LogP contribution in [0.3, 0.4) is 0 Å². The van der Waals surface area contributed by atoms with Gasteiger partial charge in [-0.15, -0.1) is 0 Å². The number of aromatic nitrogens is 1. The first kappa shape index (κ1) is 19.1. The Bertz CT molecular complexity index is 1580. The smallest absolute Gasteiger partial charge is 0.138 e. The minimum atomic E-state index is 0.625. The Morgan fingerprint density at radius 2 is 1.75 bits per heavy atom. The summed E-state index contributed by atoms with van der Waals surface area (Å²) in [6.45, 7) is 10.6. The molecular weight excluding hydrogens is 390 g/mol. The standard InChI is InChI=1S/C30H25NO/c1-5-20-15-27-26(13-18(20)4)30-29-23(10-11-31-30)22-9-8-21-7-6-19(12-17(2)3)14-24(21)25(22)16-28(29)32-27/h5-11,13-17H,1,12H2,2-4H3. The highest BCUT2D eigenvalue weighted by Gasteiger charge is 2.24.